The maximum Gasteiger partial charge on any atom is 0.333 e. The molecule has 0 N–H and O–H groups in total. The molecule has 0 atom stereocenters. The van der Waals surface area contributed by atoms with E-state index in [4.69, 9.17) is 4.74 Å². The molecule has 2 nitrogen and oxygen atoms in total. The summed E-state index contributed by atoms with van der Waals surface area (Å²) in [4.78, 5) is 10.9. The predicted octanol–water partition coefficient (Wildman–Crippen LogP) is 2.07. The normalized spacial score (nSPS) is 10.0. The number of hydrogen-bond acceptors (Lipinski definition) is 2. The van der Waals surface area contributed by atoms with Gasteiger partial charge in [0.15, 0.2) is 0 Å². The lowest BCUT2D eigenvalue weighted by molar-refractivity contribution is -0.138. The molecule has 0 aromatic rings. The highest BCUT2D eigenvalue weighted by Crippen LogP contribution is 2.01. The smallest absolute Gasteiger partial charge is 0.333 e. The van der Waals surface area contributed by atoms with Gasteiger partial charge < -0.3 is 4.74 Å². The van der Waals surface area contributed by atoms with Crippen LogP contribution in [0.4, 0.5) is 0 Å². The molecule has 0 saturated heterocycles. The average Bonchev–Trinajstić information content (AvgIpc) is 2.00. The Balaban J connectivity index is 3.74. The summed E-state index contributed by atoms with van der Waals surface area (Å²) in [5.41, 5.74) is 0.505. The van der Waals surface area contributed by atoms with Gasteiger partial charge in [-0.3, -0.25) is 0 Å². The molecule has 11 heavy (non-hydrogen) atoms. The lowest BCUT2D eigenvalue weighted by atomic mass is 10.2. The van der Waals surface area contributed by atoms with Crippen molar-refractivity contribution in [3.63, 3.8) is 0 Å². The van der Waals surface area contributed by atoms with E-state index in [9.17, 15) is 4.79 Å². The van der Waals surface area contributed by atoms with Crippen molar-refractivity contribution < 1.29 is 9.53 Å². The van der Waals surface area contributed by atoms with E-state index in [1.807, 2.05) is 19.1 Å². The van der Waals surface area contributed by atoms with Crippen molar-refractivity contribution in [2.24, 2.45) is 0 Å². The van der Waals surface area contributed by atoms with Crippen LogP contribution in [-0.4, -0.2) is 12.6 Å². The molecule has 0 aliphatic rings. The second-order valence-corrected chi connectivity index (χ2v) is 2.10. The van der Waals surface area contributed by atoms with Gasteiger partial charge in [0, 0.05) is 5.57 Å². The van der Waals surface area contributed by atoms with Gasteiger partial charge in [0.1, 0.15) is 0 Å². The molecule has 0 amide bonds. The van der Waals surface area contributed by atoms with Gasteiger partial charge in [-0.1, -0.05) is 18.7 Å². The third-order valence-electron chi connectivity index (χ3n) is 1.16. The number of hydrogen-bond donors (Lipinski definition) is 0. The minimum absolute atomic E-state index is 0.300. The summed E-state index contributed by atoms with van der Waals surface area (Å²) in [5, 5.41) is 0. The van der Waals surface area contributed by atoms with E-state index in [1.165, 1.54) is 0 Å². The van der Waals surface area contributed by atoms with Gasteiger partial charge in [-0.25, -0.2) is 4.79 Å². The Morgan fingerprint density at radius 1 is 1.64 bits per heavy atom. The Morgan fingerprint density at radius 3 is 2.73 bits per heavy atom. The quantitative estimate of drug-likeness (QED) is 0.352. The lowest BCUT2D eigenvalue weighted by Gasteiger charge is -2.00. The summed E-state index contributed by atoms with van der Waals surface area (Å²) >= 11 is 0. The maximum absolute atomic E-state index is 10.9. The van der Waals surface area contributed by atoms with Crippen molar-refractivity contribution in [2.45, 2.75) is 20.3 Å². The number of carbonyl (C=O) groups excluding carboxylic acids is 1. The first-order valence-corrected chi connectivity index (χ1v) is 3.68. The number of ether oxygens (including phenoxy) is 1. The summed E-state index contributed by atoms with van der Waals surface area (Å²) in [6.07, 6.45) is 4.33. The molecule has 0 aliphatic heterocycles. The minimum atomic E-state index is -0.300. The Hall–Kier alpha value is -1.05. The SMILES string of the molecule is C=C(C/C=C/C)C(=O)OCC. The number of rotatable bonds is 4. The molecule has 0 rings (SSSR count). The maximum atomic E-state index is 10.9. The summed E-state index contributed by atoms with van der Waals surface area (Å²) in [7, 11) is 0. The third-order valence-corrected chi connectivity index (χ3v) is 1.16. The van der Waals surface area contributed by atoms with E-state index < -0.39 is 0 Å². The largest absolute Gasteiger partial charge is 0.463 e. The van der Waals surface area contributed by atoms with E-state index in [0.29, 0.717) is 18.6 Å². The second-order valence-electron chi connectivity index (χ2n) is 2.10. The van der Waals surface area contributed by atoms with Crippen molar-refractivity contribution in [1.82, 2.24) is 0 Å². The lowest BCUT2D eigenvalue weighted by Crippen LogP contribution is -2.05. The third kappa shape index (κ3) is 4.37. The number of carbonyl (C=O) groups is 1. The molecule has 0 unspecified atom stereocenters. The van der Waals surface area contributed by atoms with Crippen molar-refractivity contribution in [3.05, 3.63) is 24.3 Å². The molecule has 0 heterocycles. The summed E-state index contributed by atoms with van der Waals surface area (Å²) in [6.45, 7) is 7.68. The average molecular weight is 154 g/mol. The molecule has 0 saturated carbocycles. The first-order valence-electron chi connectivity index (χ1n) is 3.68. The predicted molar refractivity (Wildman–Crippen MR) is 45.2 cm³/mol. The molecule has 0 aromatic carbocycles. The second kappa shape index (κ2) is 5.71. The summed E-state index contributed by atoms with van der Waals surface area (Å²) < 4.78 is 4.73. The monoisotopic (exact) mass is 154 g/mol. The molecule has 0 radical (unpaired) electrons. The highest BCUT2D eigenvalue weighted by molar-refractivity contribution is 5.87. The fourth-order valence-electron chi connectivity index (χ4n) is 0.577. The van der Waals surface area contributed by atoms with E-state index >= 15 is 0 Å². The Labute approximate surface area is 67.6 Å². The van der Waals surface area contributed by atoms with Crippen LogP contribution in [0.1, 0.15) is 20.3 Å². The van der Waals surface area contributed by atoms with Crippen LogP contribution in [0.3, 0.4) is 0 Å². The summed E-state index contributed by atoms with van der Waals surface area (Å²) in [6, 6.07) is 0. The van der Waals surface area contributed by atoms with Crippen LogP contribution in [0.15, 0.2) is 24.3 Å². The van der Waals surface area contributed by atoms with Crippen molar-refractivity contribution in [1.29, 1.82) is 0 Å². The van der Waals surface area contributed by atoms with Gasteiger partial charge in [-0.2, -0.15) is 0 Å². The number of esters is 1. The first-order chi connectivity index (χ1) is 5.22. The van der Waals surface area contributed by atoms with E-state index in [-0.39, 0.29) is 5.97 Å². The van der Waals surface area contributed by atoms with Crippen molar-refractivity contribution in [3.8, 4) is 0 Å². The van der Waals surface area contributed by atoms with Gasteiger partial charge in [0.2, 0.25) is 0 Å². The Morgan fingerprint density at radius 2 is 2.27 bits per heavy atom. The van der Waals surface area contributed by atoms with Crippen LogP contribution in [0, 0.1) is 0 Å². The van der Waals surface area contributed by atoms with E-state index in [0.717, 1.165) is 0 Å². The zero-order valence-corrected chi connectivity index (χ0v) is 7.09. The molecule has 0 aromatic heterocycles. The zero-order chi connectivity index (χ0) is 8.69. The van der Waals surface area contributed by atoms with Gasteiger partial charge in [0.05, 0.1) is 6.61 Å². The fourth-order valence-corrected chi connectivity index (χ4v) is 0.577. The molecular formula is C9H14O2. The minimum Gasteiger partial charge on any atom is -0.463 e. The van der Waals surface area contributed by atoms with E-state index in [2.05, 4.69) is 6.58 Å². The van der Waals surface area contributed by atoms with Gasteiger partial charge in [-0.15, -0.1) is 0 Å². The first kappa shape index (κ1) is 9.95. The molecule has 0 bridgehead atoms. The number of allylic oxidation sites excluding steroid dienone is 2. The van der Waals surface area contributed by atoms with Crippen LogP contribution >= 0.6 is 0 Å². The van der Waals surface area contributed by atoms with Gasteiger partial charge in [0.25, 0.3) is 0 Å². The standard InChI is InChI=1S/C9H14O2/c1-4-6-7-8(3)9(10)11-5-2/h4,6H,3,5,7H2,1-2H3/b6-4+. The summed E-state index contributed by atoms with van der Waals surface area (Å²) in [5.74, 6) is -0.300. The topological polar surface area (TPSA) is 26.3 Å². The Kier molecular flexibility index (Phi) is 5.17. The highest BCUT2D eigenvalue weighted by Gasteiger charge is 2.03. The van der Waals surface area contributed by atoms with Crippen LogP contribution in [0.25, 0.3) is 0 Å². The van der Waals surface area contributed by atoms with Crippen LogP contribution in [-0.2, 0) is 9.53 Å². The molecule has 62 valence electrons. The van der Waals surface area contributed by atoms with Crippen molar-refractivity contribution >= 4 is 5.97 Å². The molecule has 0 fully saturated rings. The molecule has 2 heteroatoms. The van der Waals surface area contributed by atoms with Crippen molar-refractivity contribution in [2.75, 3.05) is 6.61 Å². The fraction of sp³-hybridized carbons (Fsp3) is 0.444. The Bertz CT molecular complexity index is 168. The van der Waals surface area contributed by atoms with Crippen LogP contribution in [0.5, 0.6) is 0 Å². The molecule has 0 aliphatic carbocycles. The van der Waals surface area contributed by atoms with Crippen LogP contribution in [0.2, 0.25) is 0 Å². The van der Waals surface area contributed by atoms with Gasteiger partial charge in [-0.05, 0) is 20.3 Å². The molecular weight excluding hydrogens is 140 g/mol. The van der Waals surface area contributed by atoms with E-state index in [1.54, 1.807) is 6.92 Å². The van der Waals surface area contributed by atoms with Gasteiger partial charge >= 0.3 is 5.97 Å². The molecule has 0 spiro atoms. The van der Waals surface area contributed by atoms with Crippen LogP contribution < -0.4 is 0 Å². The highest BCUT2D eigenvalue weighted by atomic mass is 16.5. The zero-order valence-electron chi connectivity index (χ0n) is 7.09.